The highest BCUT2D eigenvalue weighted by Gasteiger charge is 2.10. The molecule has 94 valence electrons. The number of nitrogens with zero attached hydrogens (tertiary/aromatic N) is 1. The van der Waals surface area contributed by atoms with E-state index in [-0.39, 0.29) is 12.5 Å². The third-order valence-corrected chi connectivity index (χ3v) is 2.80. The van der Waals surface area contributed by atoms with Crippen LogP contribution in [0, 0.1) is 5.92 Å². The van der Waals surface area contributed by atoms with E-state index in [1.165, 1.54) is 0 Å². The minimum atomic E-state index is 0.191. The van der Waals surface area contributed by atoms with E-state index in [1.54, 1.807) is 0 Å². The van der Waals surface area contributed by atoms with E-state index in [1.807, 2.05) is 25.1 Å². The van der Waals surface area contributed by atoms with Crippen molar-refractivity contribution in [2.75, 3.05) is 24.6 Å². The fraction of sp³-hybridized carbons (Fsp3) is 0.462. The number of thiocarbonyl (C=S) groups is 1. The van der Waals surface area contributed by atoms with E-state index in [9.17, 15) is 0 Å². The molecule has 0 saturated carbocycles. The first kappa shape index (κ1) is 13.9. The molecule has 0 aliphatic rings. The largest absolute Gasteiger partial charge is 0.396 e. The predicted octanol–water partition coefficient (Wildman–Crippen LogP) is 1.80. The Morgan fingerprint density at radius 3 is 2.59 bits per heavy atom. The maximum Gasteiger partial charge on any atom is 0.0745 e. The number of benzene rings is 1. The zero-order chi connectivity index (χ0) is 12.7. The molecule has 0 spiro atoms. The number of aliphatic hydroxyl groups excluding tert-OH is 1. The lowest BCUT2D eigenvalue weighted by Crippen LogP contribution is -2.32. The van der Waals surface area contributed by atoms with Crippen molar-refractivity contribution < 1.29 is 5.11 Å². The van der Waals surface area contributed by atoms with E-state index >= 15 is 0 Å². The van der Waals surface area contributed by atoms with Gasteiger partial charge in [-0.3, -0.25) is 0 Å². The van der Waals surface area contributed by atoms with Crippen LogP contribution in [0.1, 0.15) is 13.3 Å². The summed E-state index contributed by atoms with van der Waals surface area (Å²) in [5, 5.41) is 9.13. The Morgan fingerprint density at radius 2 is 2.06 bits per heavy atom. The van der Waals surface area contributed by atoms with Crippen LogP contribution in [0.5, 0.6) is 0 Å². The molecule has 3 nitrogen and oxygen atoms in total. The van der Waals surface area contributed by atoms with Gasteiger partial charge in [-0.25, -0.2) is 0 Å². The summed E-state index contributed by atoms with van der Waals surface area (Å²) in [7, 11) is 0. The average Bonchev–Trinajstić information content (AvgIpc) is 2.35. The summed E-state index contributed by atoms with van der Waals surface area (Å²) in [5.41, 5.74) is 6.68. The summed E-state index contributed by atoms with van der Waals surface area (Å²) in [6.07, 6.45) is 0.697. The van der Waals surface area contributed by atoms with Gasteiger partial charge in [0.1, 0.15) is 0 Å². The van der Waals surface area contributed by atoms with Crippen LogP contribution in [0.4, 0.5) is 5.69 Å². The van der Waals surface area contributed by atoms with Crippen molar-refractivity contribution in [3.63, 3.8) is 0 Å². The number of para-hydroxylation sites is 1. The quantitative estimate of drug-likeness (QED) is 0.727. The summed E-state index contributed by atoms with van der Waals surface area (Å²) in [4.78, 5) is 2.74. The van der Waals surface area contributed by atoms with Crippen LogP contribution in [0.3, 0.4) is 0 Å². The highest BCUT2D eigenvalue weighted by Crippen LogP contribution is 2.15. The van der Waals surface area contributed by atoms with Gasteiger partial charge in [-0.15, -0.1) is 0 Å². The molecule has 0 saturated heterocycles. The third kappa shape index (κ3) is 5.15. The molecular formula is C13H20N2OS. The van der Waals surface area contributed by atoms with Crippen LogP contribution in [0.15, 0.2) is 30.3 Å². The van der Waals surface area contributed by atoms with E-state index in [2.05, 4.69) is 17.0 Å². The fourth-order valence-corrected chi connectivity index (χ4v) is 1.74. The molecule has 0 aromatic heterocycles. The SMILES string of the molecule is CC(CO)CN(CCC(N)=S)c1ccccc1. The maximum absolute atomic E-state index is 9.13. The molecule has 0 bridgehead atoms. The van der Waals surface area contributed by atoms with E-state index < -0.39 is 0 Å². The van der Waals surface area contributed by atoms with Crippen molar-refractivity contribution in [3.8, 4) is 0 Å². The van der Waals surface area contributed by atoms with Gasteiger partial charge in [-0.1, -0.05) is 37.3 Å². The molecule has 4 heteroatoms. The fourth-order valence-electron chi connectivity index (χ4n) is 1.64. The summed E-state index contributed by atoms with van der Waals surface area (Å²) < 4.78 is 0. The van der Waals surface area contributed by atoms with E-state index in [4.69, 9.17) is 23.1 Å². The van der Waals surface area contributed by atoms with Crippen molar-refractivity contribution in [2.45, 2.75) is 13.3 Å². The zero-order valence-electron chi connectivity index (χ0n) is 10.2. The summed E-state index contributed by atoms with van der Waals surface area (Å²) in [6.45, 7) is 3.82. The molecule has 0 aliphatic carbocycles. The van der Waals surface area contributed by atoms with Gasteiger partial charge < -0.3 is 15.7 Å². The lowest BCUT2D eigenvalue weighted by atomic mass is 10.1. The molecule has 1 unspecified atom stereocenters. The molecular weight excluding hydrogens is 232 g/mol. The highest BCUT2D eigenvalue weighted by molar-refractivity contribution is 7.80. The van der Waals surface area contributed by atoms with Crippen molar-refractivity contribution in [2.24, 2.45) is 11.7 Å². The standard InChI is InChI=1S/C13H20N2OS/c1-11(10-16)9-15(8-7-13(14)17)12-5-3-2-4-6-12/h2-6,11,16H,7-10H2,1H3,(H2,14,17). The molecule has 1 aromatic carbocycles. The Labute approximate surface area is 108 Å². The summed E-state index contributed by atoms with van der Waals surface area (Å²) >= 11 is 4.91. The van der Waals surface area contributed by atoms with Crippen LogP contribution >= 0.6 is 12.2 Å². The van der Waals surface area contributed by atoms with Gasteiger partial charge in [0.2, 0.25) is 0 Å². The van der Waals surface area contributed by atoms with Gasteiger partial charge >= 0.3 is 0 Å². The third-order valence-electron chi connectivity index (χ3n) is 2.59. The van der Waals surface area contributed by atoms with Crippen LogP contribution in [0.25, 0.3) is 0 Å². The Kier molecular flexibility index (Phi) is 5.94. The lowest BCUT2D eigenvalue weighted by molar-refractivity contribution is 0.239. The molecule has 17 heavy (non-hydrogen) atoms. The first-order valence-corrected chi connectivity index (χ1v) is 6.23. The van der Waals surface area contributed by atoms with Crippen molar-refractivity contribution in [3.05, 3.63) is 30.3 Å². The molecule has 0 fully saturated rings. The Morgan fingerprint density at radius 1 is 1.41 bits per heavy atom. The van der Waals surface area contributed by atoms with E-state index in [0.717, 1.165) is 18.8 Å². The smallest absolute Gasteiger partial charge is 0.0745 e. The summed E-state index contributed by atoms with van der Waals surface area (Å²) in [6, 6.07) is 10.1. The molecule has 3 N–H and O–H groups in total. The zero-order valence-corrected chi connectivity index (χ0v) is 11.0. The van der Waals surface area contributed by atoms with Gasteiger partial charge in [-0.05, 0) is 18.1 Å². The Balaban J connectivity index is 2.68. The number of anilines is 1. The second kappa shape index (κ2) is 7.25. The minimum absolute atomic E-state index is 0.191. The average molecular weight is 252 g/mol. The molecule has 1 atom stereocenters. The number of nitrogens with two attached hydrogens (primary N) is 1. The maximum atomic E-state index is 9.13. The van der Waals surface area contributed by atoms with Crippen LogP contribution in [-0.4, -0.2) is 29.8 Å². The van der Waals surface area contributed by atoms with Crippen molar-refractivity contribution in [1.29, 1.82) is 0 Å². The second-order valence-electron chi connectivity index (χ2n) is 4.29. The van der Waals surface area contributed by atoms with Gasteiger partial charge in [0.25, 0.3) is 0 Å². The van der Waals surface area contributed by atoms with Crippen molar-refractivity contribution in [1.82, 2.24) is 0 Å². The van der Waals surface area contributed by atoms with Gasteiger partial charge in [0.15, 0.2) is 0 Å². The predicted molar refractivity (Wildman–Crippen MR) is 76.3 cm³/mol. The lowest BCUT2D eigenvalue weighted by Gasteiger charge is -2.27. The van der Waals surface area contributed by atoms with Crippen LogP contribution in [-0.2, 0) is 0 Å². The first-order chi connectivity index (χ1) is 8.13. The molecule has 1 rings (SSSR count). The van der Waals surface area contributed by atoms with Crippen molar-refractivity contribution >= 4 is 22.9 Å². The Bertz CT molecular complexity index is 343. The van der Waals surface area contributed by atoms with Gasteiger partial charge in [0.05, 0.1) is 4.99 Å². The molecule has 0 amide bonds. The van der Waals surface area contributed by atoms with E-state index in [0.29, 0.717) is 11.4 Å². The second-order valence-corrected chi connectivity index (χ2v) is 4.81. The topological polar surface area (TPSA) is 49.5 Å². The Hall–Kier alpha value is -1.13. The normalized spacial score (nSPS) is 12.1. The van der Waals surface area contributed by atoms with Crippen LogP contribution < -0.4 is 10.6 Å². The molecule has 1 aromatic rings. The van der Waals surface area contributed by atoms with Crippen LogP contribution in [0.2, 0.25) is 0 Å². The number of aliphatic hydroxyl groups is 1. The van der Waals surface area contributed by atoms with Gasteiger partial charge in [0, 0.05) is 31.8 Å². The molecule has 0 heterocycles. The monoisotopic (exact) mass is 252 g/mol. The number of rotatable bonds is 7. The van der Waals surface area contributed by atoms with Gasteiger partial charge in [-0.2, -0.15) is 0 Å². The molecule has 0 aliphatic heterocycles. The summed E-state index contributed by atoms with van der Waals surface area (Å²) in [5.74, 6) is 0.238. The number of hydrogen-bond acceptors (Lipinski definition) is 3. The number of hydrogen-bond donors (Lipinski definition) is 2. The highest BCUT2D eigenvalue weighted by atomic mass is 32.1. The first-order valence-electron chi connectivity index (χ1n) is 5.82. The minimum Gasteiger partial charge on any atom is -0.396 e. The molecule has 0 radical (unpaired) electrons.